The third kappa shape index (κ3) is 21.8. The number of carboxylic acid groups (broad SMARTS) is 1. The third-order valence-electron chi connectivity index (χ3n) is 12.8. The van der Waals surface area contributed by atoms with E-state index in [0.717, 1.165) is 104 Å². The number of aliphatic hydroxyl groups excluding tert-OH is 8. The number of carbonyl (C=O) groups is 4. The minimum atomic E-state index is -1.94. The molecule has 3 heterocycles. The highest BCUT2D eigenvalue weighted by Gasteiger charge is 2.53. The van der Waals surface area contributed by atoms with Gasteiger partial charge in [0.05, 0.1) is 31.5 Å². The molecule has 0 radical (unpaired) electrons. The first-order chi connectivity index (χ1) is 33.3. The van der Waals surface area contributed by atoms with E-state index in [1.165, 1.54) is 0 Å². The van der Waals surface area contributed by atoms with E-state index in [1.54, 1.807) is 0 Å². The first-order valence-corrected chi connectivity index (χ1v) is 25.3. The highest BCUT2D eigenvalue weighted by Crippen LogP contribution is 2.33. The summed E-state index contributed by atoms with van der Waals surface area (Å²) in [5.41, 5.74) is 0. The van der Waals surface area contributed by atoms with E-state index < -0.39 is 141 Å². The molecule has 22 heteroatoms. The highest BCUT2D eigenvalue weighted by molar-refractivity contribution is 5.71. The maximum absolute atomic E-state index is 12.0. The molecule has 70 heavy (non-hydrogen) atoms. The summed E-state index contributed by atoms with van der Waals surface area (Å²) < 4.78 is 51.6. The van der Waals surface area contributed by atoms with Crippen molar-refractivity contribution in [2.45, 2.75) is 260 Å². The van der Waals surface area contributed by atoms with Crippen LogP contribution in [0.4, 0.5) is 0 Å². The first kappa shape index (κ1) is 61.6. The maximum Gasteiger partial charge on any atom is 0.332 e. The lowest BCUT2D eigenvalue weighted by Gasteiger charge is -2.47. The normalized spacial score (nSPS) is 31.0. The second-order valence-electron chi connectivity index (χ2n) is 18.8. The number of hydrogen-bond donors (Lipinski definition) is 9. The summed E-state index contributed by atoms with van der Waals surface area (Å²) in [6.45, 7) is 3.97. The Kier molecular flexibility index (Phi) is 29.2. The van der Waals surface area contributed by atoms with E-state index in [9.17, 15) is 60.0 Å². The summed E-state index contributed by atoms with van der Waals surface area (Å²) in [7, 11) is 0. The summed E-state index contributed by atoms with van der Waals surface area (Å²) in [6, 6.07) is 0. The van der Waals surface area contributed by atoms with Crippen molar-refractivity contribution in [2.24, 2.45) is 0 Å². The molecule has 3 aliphatic heterocycles. The Morgan fingerprint density at radius 1 is 0.543 bits per heavy atom. The number of carbonyl (C=O) groups excluding carboxylic acids is 3. The van der Waals surface area contributed by atoms with Crippen LogP contribution in [-0.2, 0) is 61.8 Å². The molecule has 0 spiro atoms. The van der Waals surface area contributed by atoms with Gasteiger partial charge in [0.1, 0.15) is 55.4 Å². The van der Waals surface area contributed by atoms with E-state index in [4.69, 9.17) is 47.7 Å². The number of aliphatic carboxylic acids is 1. The van der Waals surface area contributed by atoms with E-state index in [0.29, 0.717) is 44.9 Å². The number of ether oxygens (including phenoxy) is 9. The van der Waals surface area contributed by atoms with E-state index >= 15 is 0 Å². The van der Waals surface area contributed by atoms with Crippen molar-refractivity contribution in [2.75, 3.05) is 19.8 Å². The minimum Gasteiger partial charge on any atom is -0.479 e. The lowest BCUT2D eigenvalue weighted by atomic mass is 9.98. The van der Waals surface area contributed by atoms with Crippen LogP contribution in [0.25, 0.3) is 0 Å². The molecule has 3 rings (SSSR count). The highest BCUT2D eigenvalue weighted by atomic mass is 16.8. The predicted molar refractivity (Wildman–Crippen MR) is 244 cm³/mol. The maximum atomic E-state index is 12.0. The minimum absolute atomic E-state index is 0.297. The Morgan fingerprint density at radius 2 is 1.06 bits per heavy atom. The molecule has 0 aromatic heterocycles. The van der Waals surface area contributed by atoms with Crippen LogP contribution >= 0.6 is 0 Å². The van der Waals surface area contributed by atoms with Gasteiger partial charge < -0.3 is 88.6 Å². The average Bonchev–Trinajstić information content (AvgIpc) is 3.30. The number of rotatable bonds is 34. The molecule has 3 saturated heterocycles. The van der Waals surface area contributed by atoms with Gasteiger partial charge in [-0.3, -0.25) is 14.4 Å². The topological polar surface area (TPSA) is 333 Å². The predicted octanol–water partition coefficient (Wildman–Crippen LogP) is 1.80. The van der Waals surface area contributed by atoms with E-state index in [2.05, 4.69) is 0 Å². The molecule has 3 aliphatic rings. The SMILES string of the molecule is CCCC[C@H](CCC[C@H](O)[C@@H](O)CCCCCCCCCCCCCC[C@H](O)C(=O)O)OC1OCC(O)C(O)C1OC1OCC(OC(C)=O)C(O)C1OC1OC(COC(C)=O)C(OC(C)=O)C(O)C1O. The van der Waals surface area contributed by atoms with Crippen LogP contribution in [0.3, 0.4) is 0 Å². The molecule has 0 amide bonds. The van der Waals surface area contributed by atoms with Crippen LogP contribution in [0.5, 0.6) is 0 Å². The Morgan fingerprint density at radius 3 is 1.61 bits per heavy atom. The molecule has 0 aliphatic carbocycles. The Hall–Kier alpha value is -2.68. The molecular weight excluding hydrogens is 929 g/mol. The van der Waals surface area contributed by atoms with Gasteiger partial charge in [-0.05, 0) is 38.5 Å². The fourth-order valence-corrected chi connectivity index (χ4v) is 8.78. The molecule has 0 saturated carbocycles. The van der Waals surface area contributed by atoms with Crippen molar-refractivity contribution >= 4 is 23.9 Å². The second kappa shape index (κ2) is 33.2. The zero-order valence-corrected chi connectivity index (χ0v) is 41.4. The summed E-state index contributed by atoms with van der Waals surface area (Å²) in [4.78, 5) is 46.1. The monoisotopic (exact) mass is 1010 g/mol. The number of carboxylic acids is 1. The number of aliphatic hydroxyl groups is 8. The van der Waals surface area contributed by atoms with Gasteiger partial charge in [0.15, 0.2) is 37.2 Å². The smallest absolute Gasteiger partial charge is 0.332 e. The van der Waals surface area contributed by atoms with Crippen molar-refractivity contribution in [3.63, 3.8) is 0 Å². The van der Waals surface area contributed by atoms with Crippen LogP contribution in [0.15, 0.2) is 0 Å². The van der Waals surface area contributed by atoms with Gasteiger partial charge >= 0.3 is 23.9 Å². The number of hydrogen-bond acceptors (Lipinski definition) is 21. The zero-order valence-electron chi connectivity index (χ0n) is 41.4. The van der Waals surface area contributed by atoms with Gasteiger partial charge in [-0.2, -0.15) is 0 Å². The summed E-state index contributed by atoms with van der Waals surface area (Å²) in [5.74, 6) is -3.51. The lowest BCUT2D eigenvalue weighted by Crippen LogP contribution is -2.65. The van der Waals surface area contributed by atoms with Gasteiger partial charge in [0.25, 0.3) is 0 Å². The van der Waals surface area contributed by atoms with Crippen molar-refractivity contribution < 1.29 is 108 Å². The zero-order chi connectivity index (χ0) is 51.8. The van der Waals surface area contributed by atoms with E-state index in [1.807, 2.05) is 6.92 Å². The first-order valence-electron chi connectivity index (χ1n) is 25.3. The van der Waals surface area contributed by atoms with Crippen molar-refractivity contribution in [3.05, 3.63) is 0 Å². The van der Waals surface area contributed by atoms with Gasteiger partial charge in [-0.15, -0.1) is 0 Å². The molecule has 17 atom stereocenters. The van der Waals surface area contributed by atoms with Gasteiger partial charge in [0.2, 0.25) is 0 Å². The fourth-order valence-electron chi connectivity index (χ4n) is 8.78. The Labute approximate surface area is 411 Å². The standard InChI is InChI=1S/C48H84O22/c1-5-6-20-31(21-19-24-33(53)32(52)22-17-15-13-11-9-7-8-10-12-14-16-18-23-34(54)45(60)61)67-47-43(38(56)35(55)25-63-47)70-48-44(39(57)36(26-64-48)65-29(3)50)69-46-41(59)40(58)42(66-30(4)51)37(68-46)27-62-28(2)49/h31-44,46-48,52-59H,5-27H2,1-4H3,(H,60,61)/t31-,32+,33+,34+,35?,36?,37?,38?,39?,40?,41?,42?,43?,44?,46?,47?,48?/m1/s1. The molecule has 9 N–H and O–H groups in total. The van der Waals surface area contributed by atoms with Crippen LogP contribution < -0.4 is 0 Å². The molecule has 0 aromatic carbocycles. The number of esters is 3. The van der Waals surface area contributed by atoms with Gasteiger partial charge in [0, 0.05) is 20.8 Å². The summed E-state index contributed by atoms with van der Waals surface area (Å²) in [6.07, 6.45) is -8.11. The largest absolute Gasteiger partial charge is 0.479 e. The molecular formula is C48H84O22. The van der Waals surface area contributed by atoms with Crippen LogP contribution in [0.1, 0.15) is 156 Å². The molecule has 408 valence electrons. The van der Waals surface area contributed by atoms with Gasteiger partial charge in [-0.25, -0.2) is 4.79 Å². The molecule has 22 nitrogen and oxygen atoms in total. The third-order valence-corrected chi connectivity index (χ3v) is 12.8. The molecule has 3 fully saturated rings. The fraction of sp³-hybridized carbons (Fsp3) is 0.917. The van der Waals surface area contributed by atoms with E-state index in [-0.39, 0.29) is 6.61 Å². The quantitative estimate of drug-likeness (QED) is 0.0252. The number of unbranched alkanes of at least 4 members (excludes halogenated alkanes) is 12. The second-order valence-corrected chi connectivity index (χ2v) is 18.8. The molecule has 0 bridgehead atoms. The Bertz CT molecular complexity index is 1490. The lowest BCUT2D eigenvalue weighted by molar-refractivity contribution is -0.380. The van der Waals surface area contributed by atoms with Crippen molar-refractivity contribution in [1.29, 1.82) is 0 Å². The average molecular weight is 1010 g/mol. The summed E-state index contributed by atoms with van der Waals surface area (Å²) >= 11 is 0. The van der Waals surface area contributed by atoms with Gasteiger partial charge in [-0.1, -0.05) is 96.8 Å². The van der Waals surface area contributed by atoms with Crippen molar-refractivity contribution in [3.8, 4) is 0 Å². The molecule has 13 unspecified atom stereocenters. The van der Waals surface area contributed by atoms with Crippen LogP contribution in [0, 0.1) is 0 Å². The van der Waals surface area contributed by atoms with Crippen molar-refractivity contribution in [1.82, 2.24) is 0 Å². The van der Waals surface area contributed by atoms with Crippen LogP contribution in [0.2, 0.25) is 0 Å². The Balaban J connectivity index is 1.55. The molecule has 0 aromatic rings. The summed E-state index contributed by atoms with van der Waals surface area (Å²) in [5, 5.41) is 95.3. The van der Waals surface area contributed by atoms with Crippen LogP contribution in [-0.4, -0.2) is 194 Å².